The first-order chi connectivity index (χ1) is 8.90. The van der Waals surface area contributed by atoms with Crippen molar-refractivity contribution in [3.05, 3.63) is 35.9 Å². The third kappa shape index (κ3) is 3.56. The molecular weight excluding hydrogens is 220 g/mol. The molecule has 0 aromatic heterocycles. The molecule has 98 valence electrons. The zero-order chi connectivity index (χ0) is 12.2. The molecule has 1 atom stereocenters. The van der Waals surface area contributed by atoms with E-state index >= 15 is 0 Å². The van der Waals surface area contributed by atoms with Gasteiger partial charge < -0.3 is 10.2 Å². The fourth-order valence-electron chi connectivity index (χ4n) is 2.84. The van der Waals surface area contributed by atoms with E-state index in [1.807, 2.05) is 0 Å². The van der Waals surface area contributed by atoms with Gasteiger partial charge in [-0.05, 0) is 50.3 Å². The maximum atomic E-state index is 3.67. The summed E-state index contributed by atoms with van der Waals surface area (Å²) in [5.74, 6) is 0.890. The lowest BCUT2D eigenvalue weighted by Crippen LogP contribution is -2.28. The van der Waals surface area contributed by atoms with Gasteiger partial charge in [-0.15, -0.1) is 0 Å². The van der Waals surface area contributed by atoms with Crippen LogP contribution in [0.1, 0.15) is 24.8 Å². The molecule has 1 aromatic carbocycles. The quantitative estimate of drug-likeness (QED) is 0.826. The van der Waals surface area contributed by atoms with Crippen LogP contribution in [0.3, 0.4) is 0 Å². The van der Waals surface area contributed by atoms with Crippen molar-refractivity contribution in [2.75, 3.05) is 26.2 Å². The Morgan fingerprint density at radius 1 is 1.11 bits per heavy atom. The summed E-state index contributed by atoms with van der Waals surface area (Å²) >= 11 is 0. The lowest BCUT2D eigenvalue weighted by Gasteiger charge is -2.16. The molecule has 0 amide bonds. The molecule has 1 heterocycles. The predicted octanol–water partition coefficient (Wildman–Crippen LogP) is 2.30. The summed E-state index contributed by atoms with van der Waals surface area (Å²) in [6, 6.07) is 11.7. The van der Waals surface area contributed by atoms with Gasteiger partial charge in [-0.25, -0.2) is 0 Å². The molecule has 1 aliphatic carbocycles. The van der Waals surface area contributed by atoms with Crippen molar-refractivity contribution in [3.63, 3.8) is 0 Å². The van der Waals surface area contributed by atoms with E-state index in [0.29, 0.717) is 0 Å². The first kappa shape index (κ1) is 12.2. The summed E-state index contributed by atoms with van der Waals surface area (Å²) in [6.07, 6.45) is 5.40. The molecule has 2 aliphatic rings. The van der Waals surface area contributed by atoms with Crippen molar-refractivity contribution in [1.82, 2.24) is 10.2 Å². The molecule has 2 heteroatoms. The van der Waals surface area contributed by atoms with E-state index in [9.17, 15) is 0 Å². The van der Waals surface area contributed by atoms with E-state index in [0.717, 1.165) is 12.0 Å². The van der Waals surface area contributed by atoms with E-state index < -0.39 is 0 Å². The van der Waals surface area contributed by atoms with Gasteiger partial charge in [0.1, 0.15) is 0 Å². The first-order valence-electron chi connectivity index (χ1n) is 7.40. The van der Waals surface area contributed by atoms with Crippen molar-refractivity contribution in [2.45, 2.75) is 31.7 Å². The van der Waals surface area contributed by atoms with Crippen molar-refractivity contribution in [1.29, 1.82) is 0 Å². The number of rotatable bonds is 6. The fraction of sp³-hybridized carbons (Fsp3) is 0.625. The number of benzene rings is 1. The van der Waals surface area contributed by atoms with Crippen LogP contribution >= 0.6 is 0 Å². The fourth-order valence-corrected chi connectivity index (χ4v) is 2.84. The Kier molecular flexibility index (Phi) is 3.96. The van der Waals surface area contributed by atoms with Crippen LogP contribution in [0.15, 0.2) is 30.3 Å². The minimum Gasteiger partial charge on any atom is -0.314 e. The molecule has 2 nitrogen and oxygen atoms in total. The van der Waals surface area contributed by atoms with Crippen LogP contribution in [0.2, 0.25) is 0 Å². The molecule has 2 fully saturated rings. The van der Waals surface area contributed by atoms with E-state index in [-0.39, 0.29) is 0 Å². The van der Waals surface area contributed by atoms with Gasteiger partial charge in [0.15, 0.2) is 0 Å². The van der Waals surface area contributed by atoms with Gasteiger partial charge in [0.25, 0.3) is 0 Å². The first-order valence-corrected chi connectivity index (χ1v) is 7.40. The van der Waals surface area contributed by atoms with Crippen LogP contribution in [0.4, 0.5) is 0 Å². The summed E-state index contributed by atoms with van der Waals surface area (Å²) in [5.41, 5.74) is 1.47. The lowest BCUT2D eigenvalue weighted by molar-refractivity contribution is 0.325. The molecular formula is C16H24N2. The average molecular weight is 244 g/mol. The van der Waals surface area contributed by atoms with Crippen LogP contribution in [-0.4, -0.2) is 37.1 Å². The molecule has 18 heavy (non-hydrogen) atoms. The smallest absolute Gasteiger partial charge is 0.00683 e. The molecule has 1 aliphatic heterocycles. The molecule has 1 N–H and O–H groups in total. The van der Waals surface area contributed by atoms with Crippen molar-refractivity contribution < 1.29 is 0 Å². The number of likely N-dealkylation sites (tertiary alicyclic amines) is 1. The minimum absolute atomic E-state index is 0.864. The highest BCUT2D eigenvalue weighted by atomic mass is 15.1. The molecule has 1 saturated carbocycles. The largest absolute Gasteiger partial charge is 0.314 e. The highest BCUT2D eigenvalue weighted by molar-refractivity contribution is 5.14. The number of nitrogens with zero attached hydrogens (tertiary/aromatic N) is 1. The molecule has 0 spiro atoms. The van der Waals surface area contributed by atoms with Gasteiger partial charge in [-0.3, -0.25) is 0 Å². The number of nitrogens with one attached hydrogen (secondary N) is 1. The third-order valence-electron chi connectivity index (χ3n) is 4.20. The second-order valence-corrected chi connectivity index (χ2v) is 5.87. The molecule has 0 unspecified atom stereocenters. The number of hydrogen-bond donors (Lipinski definition) is 1. The predicted molar refractivity (Wildman–Crippen MR) is 75.7 cm³/mol. The molecule has 0 radical (unpaired) electrons. The maximum absolute atomic E-state index is 3.67. The van der Waals surface area contributed by atoms with Gasteiger partial charge in [0, 0.05) is 19.1 Å². The van der Waals surface area contributed by atoms with Crippen LogP contribution in [0.25, 0.3) is 0 Å². The normalized spacial score (nSPS) is 24.6. The van der Waals surface area contributed by atoms with Crippen LogP contribution < -0.4 is 5.32 Å². The SMILES string of the molecule is c1ccc(CCN2CC[C@H](CNC3CC3)C2)cc1. The summed E-state index contributed by atoms with van der Waals surface area (Å²) < 4.78 is 0. The summed E-state index contributed by atoms with van der Waals surface area (Å²) in [5, 5.41) is 3.67. The Balaban J connectivity index is 1.36. The third-order valence-corrected chi connectivity index (χ3v) is 4.20. The Bertz CT molecular complexity index is 359. The van der Waals surface area contributed by atoms with Gasteiger partial charge in [0.2, 0.25) is 0 Å². The topological polar surface area (TPSA) is 15.3 Å². The van der Waals surface area contributed by atoms with Crippen molar-refractivity contribution in [3.8, 4) is 0 Å². The standard InChI is InChI=1S/C16H24N2/c1-2-4-14(5-3-1)8-10-18-11-9-15(13-18)12-17-16-6-7-16/h1-5,15-17H,6-13H2/t15-/m1/s1. The zero-order valence-corrected chi connectivity index (χ0v) is 11.1. The zero-order valence-electron chi connectivity index (χ0n) is 11.1. The Morgan fingerprint density at radius 2 is 1.94 bits per heavy atom. The Morgan fingerprint density at radius 3 is 2.72 bits per heavy atom. The van der Waals surface area contributed by atoms with E-state index in [1.54, 1.807) is 0 Å². The molecule has 3 rings (SSSR count). The molecule has 1 aromatic rings. The second-order valence-electron chi connectivity index (χ2n) is 5.87. The highest BCUT2D eigenvalue weighted by Crippen LogP contribution is 2.21. The van der Waals surface area contributed by atoms with E-state index in [1.165, 1.54) is 57.4 Å². The Hall–Kier alpha value is -0.860. The van der Waals surface area contributed by atoms with Crippen LogP contribution in [-0.2, 0) is 6.42 Å². The molecule has 0 bridgehead atoms. The summed E-state index contributed by atoms with van der Waals surface area (Å²) in [6.45, 7) is 5.06. The van der Waals surface area contributed by atoms with Crippen molar-refractivity contribution in [2.24, 2.45) is 5.92 Å². The average Bonchev–Trinajstić information content (AvgIpc) is 3.14. The monoisotopic (exact) mass is 244 g/mol. The number of hydrogen-bond acceptors (Lipinski definition) is 2. The second kappa shape index (κ2) is 5.85. The van der Waals surface area contributed by atoms with Gasteiger partial charge in [0.05, 0.1) is 0 Å². The van der Waals surface area contributed by atoms with E-state index in [4.69, 9.17) is 0 Å². The molecule has 1 saturated heterocycles. The van der Waals surface area contributed by atoms with Crippen molar-refractivity contribution >= 4 is 0 Å². The van der Waals surface area contributed by atoms with Gasteiger partial charge in [-0.1, -0.05) is 30.3 Å². The summed E-state index contributed by atoms with van der Waals surface area (Å²) in [4.78, 5) is 2.63. The van der Waals surface area contributed by atoms with E-state index in [2.05, 4.69) is 40.5 Å². The van der Waals surface area contributed by atoms with Crippen LogP contribution in [0, 0.1) is 5.92 Å². The minimum atomic E-state index is 0.864. The Labute approximate surface area is 110 Å². The highest BCUT2D eigenvalue weighted by Gasteiger charge is 2.25. The maximum Gasteiger partial charge on any atom is 0.00683 e. The van der Waals surface area contributed by atoms with Crippen LogP contribution in [0.5, 0.6) is 0 Å². The summed E-state index contributed by atoms with van der Waals surface area (Å²) in [7, 11) is 0. The van der Waals surface area contributed by atoms with Gasteiger partial charge in [-0.2, -0.15) is 0 Å². The van der Waals surface area contributed by atoms with Gasteiger partial charge >= 0.3 is 0 Å². The lowest BCUT2D eigenvalue weighted by atomic mass is 10.1.